The van der Waals surface area contributed by atoms with E-state index in [9.17, 15) is 5.11 Å². The van der Waals surface area contributed by atoms with Gasteiger partial charge in [0, 0.05) is 12.6 Å². The number of aliphatic hydroxyl groups is 1. The Kier molecular flexibility index (Phi) is 11.2. The molecule has 0 spiro atoms. The minimum Gasteiger partial charge on any atom is -0.396 e. The van der Waals surface area contributed by atoms with Gasteiger partial charge >= 0.3 is 0 Å². The lowest BCUT2D eigenvalue weighted by Crippen LogP contribution is -2.25. The van der Waals surface area contributed by atoms with E-state index < -0.39 is 0 Å². The highest BCUT2D eigenvalue weighted by Crippen LogP contribution is 2.38. The Morgan fingerprint density at radius 2 is 2.06 bits per heavy atom. The van der Waals surface area contributed by atoms with E-state index >= 15 is 0 Å². The van der Waals surface area contributed by atoms with Crippen LogP contribution in [0.5, 0.6) is 0 Å². The molecule has 0 bridgehead atoms. The van der Waals surface area contributed by atoms with Crippen molar-refractivity contribution in [1.29, 1.82) is 0 Å². The Hall–Kier alpha value is -2.58. The van der Waals surface area contributed by atoms with Crippen molar-refractivity contribution in [3.05, 3.63) is 109 Å². The second kappa shape index (κ2) is 14.6. The van der Waals surface area contributed by atoms with Gasteiger partial charge in [0.1, 0.15) is 0 Å². The minimum absolute atomic E-state index is 0.262. The molecule has 2 heteroatoms. The predicted molar refractivity (Wildman–Crippen MR) is 147 cm³/mol. The summed E-state index contributed by atoms with van der Waals surface area (Å²) in [6.07, 6.45) is 38.2. The van der Waals surface area contributed by atoms with Gasteiger partial charge in [-0.25, -0.2) is 0 Å². The molecule has 0 saturated carbocycles. The number of rotatable bonds is 12. The molecule has 34 heavy (non-hydrogen) atoms. The first-order valence-electron chi connectivity index (χ1n) is 13.1. The van der Waals surface area contributed by atoms with Gasteiger partial charge < -0.3 is 10.4 Å². The van der Waals surface area contributed by atoms with E-state index in [0.29, 0.717) is 24.4 Å². The standard InChI is InChI=1S/C32H43NO/c1-3-27(28-16-7-5-8-17-28)20-13-23-33-31(4-2)21-11-14-26-15-12-22-32(30(24-26)25-34)29-18-9-6-10-19-29/h3-4,6-7,9-10,13,15-18,20,23,29-34H,1-2,5,8,11-12,14,19,21-22,24-25H2/b23-13+,27-20+. The van der Waals surface area contributed by atoms with Crippen LogP contribution in [0.25, 0.3) is 0 Å². The second-order valence-corrected chi connectivity index (χ2v) is 9.69. The largest absolute Gasteiger partial charge is 0.396 e. The van der Waals surface area contributed by atoms with Crippen molar-refractivity contribution < 1.29 is 5.11 Å². The molecule has 4 unspecified atom stereocenters. The quantitative estimate of drug-likeness (QED) is 0.233. The summed E-state index contributed by atoms with van der Waals surface area (Å²) in [5.74, 6) is 1.55. The monoisotopic (exact) mass is 457 g/mol. The van der Waals surface area contributed by atoms with Crippen molar-refractivity contribution in [3.63, 3.8) is 0 Å². The fourth-order valence-corrected chi connectivity index (χ4v) is 5.43. The number of allylic oxidation sites excluding steroid dienone is 14. The van der Waals surface area contributed by atoms with E-state index in [4.69, 9.17) is 0 Å². The topological polar surface area (TPSA) is 32.3 Å². The van der Waals surface area contributed by atoms with Crippen molar-refractivity contribution in [1.82, 2.24) is 5.32 Å². The van der Waals surface area contributed by atoms with Crippen LogP contribution in [-0.4, -0.2) is 17.8 Å². The maximum atomic E-state index is 10.1. The molecule has 4 atom stereocenters. The molecule has 3 aliphatic rings. The minimum atomic E-state index is 0.262. The molecule has 0 fully saturated rings. The van der Waals surface area contributed by atoms with Crippen LogP contribution in [0, 0.1) is 17.8 Å². The Morgan fingerprint density at radius 3 is 2.76 bits per heavy atom. The Balaban J connectivity index is 1.44. The van der Waals surface area contributed by atoms with E-state index in [-0.39, 0.29) is 6.04 Å². The van der Waals surface area contributed by atoms with Crippen LogP contribution in [0.2, 0.25) is 0 Å². The maximum absolute atomic E-state index is 10.1. The molecule has 3 aliphatic carbocycles. The summed E-state index contributed by atoms with van der Waals surface area (Å²) in [6, 6.07) is 0.262. The SMILES string of the molecule is C=C/C(=C\C=C\NC(C=C)CCCC1=CCCC(C2C=CC=CC2)C(CO)C1)C1=CCCC=C1. The maximum Gasteiger partial charge on any atom is 0.0465 e. The Bertz CT molecular complexity index is 879. The first kappa shape index (κ1) is 26.0. The Morgan fingerprint density at radius 1 is 1.15 bits per heavy atom. The van der Waals surface area contributed by atoms with Gasteiger partial charge in [0.15, 0.2) is 0 Å². The molecule has 3 rings (SSSR count). The van der Waals surface area contributed by atoms with Crippen LogP contribution in [0.1, 0.15) is 57.8 Å². The van der Waals surface area contributed by atoms with Gasteiger partial charge in [-0.15, -0.1) is 6.58 Å². The van der Waals surface area contributed by atoms with Gasteiger partial charge in [0.25, 0.3) is 0 Å². The first-order valence-corrected chi connectivity index (χ1v) is 13.1. The van der Waals surface area contributed by atoms with Crippen LogP contribution in [-0.2, 0) is 0 Å². The highest BCUT2D eigenvalue weighted by molar-refractivity contribution is 5.48. The molecule has 0 heterocycles. The summed E-state index contributed by atoms with van der Waals surface area (Å²) < 4.78 is 0. The second-order valence-electron chi connectivity index (χ2n) is 9.69. The summed E-state index contributed by atoms with van der Waals surface area (Å²) >= 11 is 0. The normalized spacial score (nSPS) is 26.0. The zero-order valence-corrected chi connectivity index (χ0v) is 20.7. The third-order valence-corrected chi connectivity index (χ3v) is 7.39. The predicted octanol–water partition coefficient (Wildman–Crippen LogP) is 7.67. The fourth-order valence-electron chi connectivity index (χ4n) is 5.43. The van der Waals surface area contributed by atoms with Crippen molar-refractivity contribution in [3.8, 4) is 0 Å². The average molecular weight is 458 g/mol. The molecular formula is C32H43NO. The third-order valence-electron chi connectivity index (χ3n) is 7.39. The van der Waals surface area contributed by atoms with E-state index in [1.54, 1.807) is 0 Å². The average Bonchev–Trinajstić information content (AvgIpc) is 3.10. The highest BCUT2D eigenvalue weighted by atomic mass is 16.3. The van der Waals surface area contributed by atoms with Gasteiger partial charge in [-0.2, -0.15) is 0 Å². The van der Waals surface area contributed by atoms with Crippen molar-refractivity contribution >= 4 is 0 Å². The molecule has 2 nitrogen and oxygen atoms in total. The molecule has 0 saturated heterocycles. The van der Waals surface area contributed by atoms with Gasteiger partial charge in [-0.1, -0.05) is 79.0 Å². The molecular weight excluding hydrogens is 414 g/mol. The number of aliphatic hydroxyl groups excluding tert-OH is 1. The number of nitrogens with one attached hydrogen (secondary N) is 1. The van der Waals surface area contributed by atoms with Crippen LogP contribution in [0.15, 0.2) is 109 Å². The van der Waals surface area contributed by atoms with Gasteiger partial charge in [0.05, 0.1) is 0 Å². The molecule has 0 amide bonds. The number of hydrogen-bond acceptors (Lipinski definition) is 2. The van der Waals surface area contributed by atoms with Crippen LogP contribution < -0.4 is 5.32 Å². The first-order chi connectivity index (χ1) is 16.7. The van der Waals surface area contributed by atoms with Crippen molar-refractivity contribution in [2.24, 2.45) is 17.8 Å². The lowest BCUT2D eigenvalue weighted by atomic mass is 9.75. The van der Waals surface area contributed by atoms with Gasteiger partial charge in [-0.05, 0) is 99.0 Å². The van der Waals surface area contributed by atoms with Crippen LogP contribution in [0.3, 0.4) is 0 Å². The summed E-state index contributed by atoms with van der Waals surface area (Å²) in [4.78, 5) is 0. The van der Waals surface area contributed by atoms with E-state index in [0.717, 1.165) is 56.9 Å². The van der Waals surface area contributed by atoms with E-state index in [1.165, 1.54) is 17.6 Å². The van der Waals surface area contributed by atoms with E-state index in [2.05, 4.69) is 79.2 Å². The van der Waals surface area contributed by atoms with Crippen LogP contribution in [0.4, 0.5) is 0 Å². The Labute approximate surface area is 207 Å². The highest BCUT2D eigenvalue weighted by Gasteiger charge is 2.29. The lowest BCUT2D eigenvalue weighted by molar-refractivity contribution is 0.145. The van der Waals surface area contributed by atoms with Crippen LogP contribution >= 0.6 is 0 Å². The molecule has 0 radical (unpaired) electrons. The zero-order chi connectivity index (χ0) is 24.0. The molecule has 182 valence electrons. The van der Waals surface area contributed by atoms with E-state index in [1.807, 2.05) is 18.4 Å². The van der Waals surface area contributed by atoms with Crippen molar-refractivity contribution in [2.75, 3.05) is 6.61 Å². The molecule has 0 aromatic carbocycles. The van der Waals surface area contributed by atoms with Crippen molar-refractivity contribution in [2.45, 2.75) is 63.8 Å². The molecule has 0 aromatic rings. The summed E-state index contributed by atoms with van der Waals surface area (Å²) in [6.45, 7) is 8.28. The number of hydrogen-bond donors (Lipinski definition) is 2. The third kappa shape index (κ3) is 8.02. The van der Waals surface area contributed by atoms with Gasteiger partial charge in [-0.3, -0.25) is 0 Å². The summed E-state index contributed by atoms with van der Waals surface area (Å²) in [5, 5.41) is 13.6. The smallest absolute Gasteiger partial charge is 0.0465 e. The lowest BCUT2D eigenvalue weighted by Gasteiger charge is -2.31. The zero-order valence-electron chi connectivity index (χ0n) is 20.7. The molecule has 0 aliphatic heterocycles. The summed E-state index contributed by atoms with van der Waals surface area (Å²) in [5.41, 5.74) is 3.94. The molecule has 2 N–H and O–H groups in total. The summed E-state index contributed by atoms with van der Waals surface area (Å²) in [7, 11) is 0. The molecule has 0 aromatic heterocycles. The van der Waals surface area contributed by atoms with Gasteiger partial charge in [0.2, 0.25) is 0 Å². The fraction of sp³-hybridized carbons (Fsp3) is 0.438.